The molecule has 2 aromatic rings. The van der Waals surface area contributed by atoms with E-state index < -0.39 is 24.2 Å². The number of aliphatic hydroxyl groups excluding tert-OH is 2. The summed E-state index contributed by atoms with van der Waals surface area (Å²) in [5, 5.41) is 27.2. The van der Waals surface area contributed by atoms with E-state index in [-0.39, 0.29) is 61.9 Å². The summed E-state index contributed by atoms with van der Waals surface area (Å²) in [6.45, 7) is 10.3. The minimum atomic E-state index is -0.734. The SMILES string of the molecule is CC1(C)O[C@H]2OC([C@H](CCO)NCCCCCCCCCN[C@@H](CCO)C3O[C@@H]4OC(C)(C)O[C@@H]4[C@H]3OCc3ccccc3)[C@H](OCc3ccccc3)[C@H]2O1. The molecule has 0 aliphatic carbocycles. The first-order valence-corrected chi connectivity index (χ1v) is 20.7. The van der Waals surface area contributed by atoms with E-state index in [9.17, 15) is 10.2 Å². The Kier molecular flexibility index (Phi) is 15.9. The van der Waals surface area contributed by atoms with Crippen molar-refractivity contribution in [1.29, 1.82) is 0 Å². The Hall–Kier alpha value is -2.04. The maximum absolute atomic E-state index is 9.94. The summed E-state index contributed by atoms with van der Waals surface area (Å²) in [7, 11) is 0. The van der Waals surface area contributed by atoms with Gasteiger partial charge in [-0.3, -0.25) is 0 Å². The molecule has 0 radical (unpaired) electrons. The van der Waals surface area contributed by atoms with Gasteiger partial charge in [-0.25, -0.2) is 0 Å². The maximum atomic E-state index is 9.94. The van der Waals surface area contributed by atoms with E-state index in [1.54, 1.807) is 0 Å². The average Bonchev–Trinajstić information content (AvgIpc) is 3.86. The van der Waals surface area contributed by atoms with E-state index >= 15 is 0 Å². The number of fused-ring (bicyclic) bond motifs is 2. The highest BCUT2D eigenvalue weighted by Gasteiger charge is 2.58. The highest BCUT2D eigenvalue weighted by molar-refractivity contribution is 5.15. The summed E-state index contributed by atoms with van der Waals surface area (Å²) >= 11 is 0. The molecule has 55 heavy (non-hydrogen) atoms. The van der Waals surface area contributed by atoms with Crippen molar-refractivity contribution in [1.82, 2.24) is 10.6 Å². The first kappa shape index (κ1) is 42.6. The van der Waals surface area contributed by atoms with Crippen LogP contribution in [-0.2, 0) is 51.1 Å². The van der Waals surface area contributed by atoms with Crippen molar-refractivity contribution in [3.8, 4) is 0 Å². The van der Waals surface area contributed by atoms with E-state index in [0.29, 0.717) is 26.1 Å². The largest absolute Gasteiger partial charge is 0.396 e. The lowest BCUT2D eigenvalue weighted by atomic mass is 10.00. The Morgan fingerprint density at radius 3 is 1.33 bits per heavy atom. The van der Waals surface area contributed by atoms with Crippen LogP contribution in [0.5, 0.6) is 0 Å². The molecule has 0 amide bonds. The lowest BCUT2D eigenvalue weighted by Gasteiger charge is -2.31. The first-order valence-electron chi connectivity index (χ1n) is 20.7. The molecule has 4 saturated heterocycles. The van der Waals surface area contributed by atoms with Crippen LogP contribution in [0.1, 0.15) is 96.6 Å². The number of rotatable bonds is 24. The average molecular weight is 771 g/mol. The molecule has 12 nitrogen and oxygen atoms in total. The number of hydrogen-bond donors (Lipinski definition) is 4. The molecule has 10 atom stereocenters. The van der Waals surface area contributed by atoms with Crippen LogP contribution in [0.2, 0.25) is 0 Å². The van der Waals surface area contributed by atoms with Crippen LogP contribution in [0.15, 0.2) is 60.7 Å². The van der Waals surface area contributed by atoms with E-state index in [1.165, 1.54) is 19.3 Å². The Bertz CT molecular complexity index is 1280. The van der Waals surface area contributed by atoms with Gasteiger partial charge in [0.05, 0.1) is 13.2 Å². The summed E-state index contributed by atoms with van der Waals surface area (Å²) in [5.74, 6) is -1.47. The van der Waals surface area contributed by atoms with Crippen molar-refractivity contribution < 1.29 is 48.1 Å². The molecule has 6 rings (SSSR count). The fraction of sp³-hybridized carbons (Fsp3) is 0.721. The lowest BCUT2D eigenvalue weighted by Crippen LogP contribution is -2.49. The van der Waals surface area contributed by atoms with Crippen LogP contribution in [0, 0.1) is 0 Å². The highest BCUT2D eigenvalue weighted by atomic mass is 16.9. The molecule has 4 N–H and O–H groups in total. The molecule has 2 unspecified atom stereocenters. The zero-order chi connectivity index (χ0) is 38.7. The fourth-order valence-electron chi connectivity index (χ4n) is 8.32. The van der Waals surface area contributed by atoms with Gasteiger partial charge in [-0.1, -0.05) is 92.8 Å². The van der Waals surface area contributed by atoms with Crippen LogP contribution >= 0.6 is 0 Å². The third kappa shape index (κ3) is 12.0. The predicted molar refractivity (Wildman–Crippen MR) is 207 cm³/mol. The third-order valence-corrected chi connectivity index (χ3v) is 11.0. The Balaban J connectivity index is 0.880. The number of unbranched alkanes of at least 4 members (excludes halogenated alkanes) is 6. The molecule has 308 valence electrons. The van der Waals surface area contributed by atoms with Crippen LogP contribution < -0.4 is 10.6 Å². The van der Waals surface area contributed by atoms with Crippen molar-refractivity contribution in [2.45, 2.75) is 172 Å². The molecule has 4 heterocycles. The summed E-state index contributed by atoms with van der Waals surface area (Å²) < 4.78 is 50.3. The molecule has 4 aliphatic heterocycles. The van der Waals surface area contributed by atoms with Gasteiger partial charge in [0.1, 0.15) is 36.6 Å². The van der Waals surface area contributed by atoms with Crippen molar-refractivity contribution in [2.24, 2.45) is 0 Å². The second-order valence-electron chi connectivity index (χ2n) is 16.3. The van der Waals surface area contributed by atoms with Gasteiger partial charge in [-0.15, -0.1) is 0 Å². The number of hydrogen-bond acceptors (Lipinski definition) is 12. The molecule has 12 heteroatoms. The van der Waals surface area contributed by atoms with Crippen LogP contribution in [0.4, 0.5) is 0 Å². The van der Waals surface area contributed by atoms with Gasteiger partial charge < -0.3 is 58.7 Å². The molecule has 4 aliphatic rings. The van der Waals surface area contributed by atoms with Gasteiger partial charge in [0.15, 0.2) is 24.2 Å². The zero-order valence-electron chi connectivity index (χ0n) is 33.3. The van der Waals surface area contributed by atoms with E-state index in [4.69, 9.17) is 37.9 Å². The highest BCUT2D eigenvalue weighted by Crippen LogP contribution is 2.42. The number of benzene rings is 2. The minimum absolute atomic E-state index is 0.0551. The normalized spacial score (nSPS) is 30.4. The van der Waals surface area contributed by atoms with Gasteiger partial charge in [0, 0.05) is 25.3 Å². The monoisotopic (exact) mass is 770 g/mol. The van der Waals surface area contributed by atoms with Crippen molar-refractivity contribution in [3.63, 3.8) is 0 Å². The third-order valence-electron chi connectivity index (χ3n) is 11.0. The van der Waals surface area contributed by atoms with E-state index in [1.807, 2.05) is 64.1 Å². The van der Waals surface area contributed by atoms with Crippen molar-refractivity contribution >= 4 is 0 Å². The molecular formula is C43H66N2O10. The molecule has 0 aromatic heterocycles. The fourth-order valence-corrected chi connectivity index (χ4v) is 8.32. The van der Waals surface area contributed by atoms with Gasteiger partial charge in [0.25, 0.3) is 0 Å². The molecule has 0 spiro atoms. The second-order valence-corrected chi connectivity index (χ2v) is 16.3. The quantitative estimate of drug-likeness (QED) is 0.103. The molecule has 4 fully saturated rings. The van der Waals surface area contributed by atoms with Crippen LogP contribution in [0.3, 0.4) is 0 Å². The minimum Gasteiger partial charge on any atom is -0.396 e. The second kappa shape index (κ2) is 20.6. The summed E-state index contributed by atoms with van der Waals surface area (Å²) in [6.07, 6.45) is 6.11. The lowest BCUT2D eigenvalue weighted by molar-refractivity contribution is -0.223. The van der Waals surface area contributed by atoms with E-state index in [0.717, 1.165) is 49.9 Å². The molecule has 0 bridgehead atoms. The smallest absolute Gasteiger partial charge is 0.190 e. The summed E-state index contributed by atoms with van der Waals surface area (Å²) in [6, 6.07) is 20.1. The Labute approximate surface area is 327 Å². The number of ether oxygens (including phenoxy) is 8. The topological polar surface area (TPSA) is 138 Å². The maximum Gasteiger partial charge on any atom is 0.190 e. The zero-order valence-corrected chi connectivity index (χ0v) is 33.3. The summed E-state index contributed by atoms with van der Waals surface area (Å²) in [5.41, 5.74) is 2.18. The number of aliphatic hydroxyl groups is 2. The Morgan fingerprint density at radius 1 is 0.564 bits per heavy atom. The van der Waals surface area contributed by atoms with Gasteiger partial charge >= 0.3 is 0 Å². The van der Waals surface area contributed by atoms with Gasteiger partial charge in [-0.05, 0) is 77.6 Å². The first-order chi connectivity index (χ1) is 26.7. The van der Waals surface area contributed by atoms with Crippen molar-refractivity contribution in [2.75, 3.05) is 26.3 Å². The predicted octanol–water partition coefficient (Wildman–Crippen LogP) is 5.32. The summed E-state index contributed by atoms with van der Waals surface area (Å²) in [4.78, 5) is 0. The molecule has 0 saturated carbocycles. The van der Waals surface area contributed by atoms with Gasteiger partial charge in [-0.2, -0.15) is 0 Å². The number of nitrogens with one attached hydrogen (secondary N) is 2. The van der Waals surface area contributed by atoms with Gasteiger partial charge in [0.2, 0.25) is 0 Å². The van der Waals surface area contributed by atoms with E-state index in [2.05, 4.69) is 34.9 Å². The van der Waals surface area contributed by atoms with Crippen molar-refractivity contribution in [3.05, 3.63) is 71.8 Å². The Morgan fingerprint density at radius 2 is 0.945 bits per heavy atom. The van der Waals surface area contributed by atoms with Crippen LogP contribution in [-0.4, -0.2) is 109 Å². The molecule has 2 aromatic carbocycles. The standard InChI is InChI=1S/C43H66N2O10/c1-42(2)52-38-36(48-28-30-18-12-10-13-19-30)34(50-40(38)54-42)32(22-26-46)44-24-16-8-6-5-7-9-17-25-45-33(23-27-47)35-37(49-29-31-20-14-11-15-21-31)39-41(51-35)55-43(3,4)53-39/h10-15,18-21,32-41,44-47H,5-9,16-17,22-29H2,1-4H3/t32-,33-,34?,35?,36-,37-,38+,39+,40+,41+/m0/s1. The molecular weight excluding hydrogens is 704 g/mol. The van der Waals surface area contributed by atoms with Crippen LogP contribution in [0.25, 0.3) is 0 Å².